The molecule has 2 rings (SSSR count). The average Bonchev–Trinajstić information content (AvgIpc) is 2.38. The third kappa shape index (κ3) is 2.05. The van der Waals surface area contributed by atoms with Crippen LogP contribution in [0.25, 0.3) is 10.8 Å². The molecule has 2 aromatic rings. The topological polar surface area (TPSA) is 0 Å². The second kappa shape index (κ2) is 5.16. The van der Waals surface area contributed by atoms with Crippen LogP contribution < -0.4 is 4.16 Å². The average molecular weight is 445 g/mol. The Bertz CT molecular complexity index is 701. The van der Waals surface area contributed by atoms with Crippen LogP contribution in [0.15, 0.2) is 0 Å². The summed E-state index contributed by atoms with van der Waals surface area (Å²) in [5.74, 6) is -14.0. The number of fused-ring (bicyclic) bond motifs is 1. The maximum absolute atomic E-state index is 13.8. The van der Waals surface area contributed by atoms with Crippen LogP contribution in [-0.4, -0.2) is 0 Å². The van der Waals surface area contributed by atoms with Crippen LogP contribution in [-0.2, 0) is 13.6 Å². The molecule has 0 aliphatic heterocycles. The minimum atomic E-state index is -2.31. The molecule has 0 spiro atoms. The van der Waals surface area contributed by atoms with E-state index in [1.165, 1.54) is 0 Å². The predicted octanol–water partition coefficient (Wildman–Crippen LogP) is 3.87. The third-order valence-corrected chi connectivity index (χ3v) is 8.39. The fourth-order valence-corrected chi connectivity index (χ4v) is 6.32. The van der Waals surface area contributed by atoms with Gasteiger partial charge in [-0.3, -0.25) is 0 Å². The van der Waals surface area contributed by atoms with Crippen LogP contribution in [0.2, 0.25) is 0 Å². The molecule has 19 heavy (non-hydrogen) atoms. The summed E-state index contributed by atoms with van der Waals surface area (Å²) in [4.78, 5) is 0. The van der Waals surface area contributed by atoms with Gasteiger partial charge >= 0.3 is 120 Å². The molecule has 0 amide bonds. The van der Waals surface area contributed by atoms with Crippen LogP contribution in [0.3, 0.4) is 0 Å². The van der Waals surface area contributed by atoms with Crippen LogP contribution in [0.4, 0.5) is 30.7 Å². The van der Waals surface area contributed by atoms with Crippen molar-refractivity contribution in [1.29, 1.82) is 0 Å². The summed E-state index contributed by atoms with van der Waals surface area (Å²) >= 11 is -0.443. The summed E-state index contributed by atoms with van der Waals surface area (Å²) in [5.41, 5.74) is 0. The van der Waals surface area contributed by atoms with Gasteiger partial charge in [0.15, 0.2) is 0 Å². The third-order valence-electron chi connectivity index (χ3n) is 2.56. The van der Waals surface area contributed by atoms with Crippen molar-refractivity contribution in [3.63, 3.8) is 0 Å². The van der Waals surface area contributed by atoms with Gasteiger partial charge in [-0.1, -0.05) is 0 Å². The molecule has 0 aliphatic carbocycles. The van der Waals surface area contributed by atoms with Crippen molar-refractivity contribution < 1.29 is 44.3 Å². The van der Waals surface area contributed by atoms with Gasteiger partial charge in [-0.15, -0.1) is 0 Å². The van der Waals surface area contributed by atoms with E-state index in [0.29, 0.717) is 0 Å². The van der Waals surface area contributed by atoms with E-state index in [0.717, 1.165) is 0 Å². The minimum absolute atomic E-state index is 0.692. The van der Waals surface area contributed by atoms with E-state index in [2.05, 4.69) is 0 Å². The molecule has 0 fully saturated rings. The number of rotatable bonds is 1. The van der Waals surface area contributed by atoms with Crippen LogP contribution in [0.1, 0.15) is 0 Å². The molecule has 0 saturated carbocycles. The number of hydrogen-bond acceptors (Lipinski definition) is 0. The summed E-state index contributed by atoms with van der Waals surface area (Å²) in [6, 6.07) is 0. The zero-order chi connectivity index (χ0) is 14.5. The van der Waals surface area contributed by atoms with E-state index in [-0.39, 0.29) is 0 Å². The quantitative estimate of drug-likeness (QED) is 0.206. The zero-order valence-corrected chi connectivity index (χ0v) is 13.9. The van der Waals surface area contributed by atoms with Crippen LogP contribution >= 0.6 is 19.8 Å². The Balaban J connectivity index is 3.18. The summed E-state index contributed by atoms with van der Waals surface area (Å²) in [6.45, 7) is 0. The Hall–Kier alpha value is -0.437. The Morgan fingerprint density at radius 1 is 0.526 bits per heavy atom. The number of hydrogen-bond donors (Lipinski definition) is 0. The van der Waals surface area contributed by atoms with Gasteiger partial charge in [0.1, 0.15) is 0 Å². The molecular formula is C10F7IZn. The van der Waals surface area contributed by atoms with E-state index < -0.39 is 69.3 Å². The zero-order valence-electron chi connectivity index (χ0n) is 8.73. The molecule has 0 aliphatic rings. The second-order valence-corrected chi connectivity index (χ2v) is 9.57. The van der Waals surface area contributed by atoms with Gasteiger partial charge in [-0.25, -0.2) is 0 Å². The Kier molecular flexibility index (Phi) is 4.06. The molecule has 0 bridgehead atoms. The first-order valence-corrected chi connectivity index (χ1v) is 15.2. The van der Waals surface area contributed by atoms with Gasteiger partial charge in [0.25, 0.3) is 0 Å². The van der Waals surface area contributed by atoms with E-state index in [1.54, 1.807) is 19.8 Å². The Morgan fingerprint density at radius 3 is 1.32 bits per heavy atom. The van der Waals surface area contributed by atoms with Crippen molar-refractivity contribution >= 4 is 34.7 Å². The molecular weight excluding hydrogens is 445 g/mol. The first kappa shape index (κ1) is 15.0. The normalized spacial score (nSPS) is 10.9. The van der Waals surface area contributed by atoms with Gasteiger partial charge in [0, 0.05) is 0 Å². The molecule has 0 N–H and O–H groups in total. The van der Waals surface area contributed by atoms with Crippen molar-refractivity contribution in [2.24, 2.45) is 0 Å². The van der Waals surface area contributed by atoms with E-state index >= 15 is 0 Å². The molecule has 0 atom stereocenters. The molecule has 2 aromatic carbocycles. The number of benzene rings is 2. The molecule has 0 heterocycles. The van der Waals surface area contributed by atoms with Gasteiger partial charge < -0.3 is 0 Å². The fraction of sp³-hybridized carbons (Fsp3) is 0. The number of halogens is 8. The molecule has 0 aromatic heterocycles. The summed E-state index contributed by atoms with van der Waals surface area (Å²) < 4.78 is 92.9. The van der Waals surface area contributed by atoms with Crippen molar-refractivity contribution in [2.75, 3.05) is 0 Å². The fourth-order valence-electron chi connectivity index (χ4n) is 1.65. The Morgan fingerprint density at radius 2 is 0.895 bits per heavy atom. The standard InChI is InChI=1S/C10F7.HI.Zn/c11-2-1-3(12)6(13)5-4(2)7(14)9(16)10(17)8(5)15;;/h;1H;/q;;+1/p-1. The van der Waals surface area contributed by atoms with Crippen molar-refractivity contribution in [3.05, 3.63) is 40.7 Å². The maximum atomic E-state index is 13.8. The van der Waals surface area contributed by atoms with Gasteiger partial charge in [0.2, 0.25) is 0 Å². The first-order valence-electron chi connectivity index (χ1n) is 4.69. The molecule has 0 nitrogen and oxygen atoms in total. The monoisotopic (exact) mass is 444 g/mol. The van der Waals surface area contributed by atoms with E-state index in [4.69, 9.17) is 0 Å². The molecule has 98 valence electrons. The predicted molar refractivity (Wildman–Crippen MR) is 57.3 cm³/mol. The molecule has 0 radical (unpaired) electrons. The van der Waals surface area contributed by atoms with E-state index in [9.17, 15) is 30.7 Å². The van der Waals surface area contributed by atoms with Crippen molar-refractivity contribution in [2.45, 2.75) is 0 Å². The second-order valence-electron chi connectivity index (χ2n) is 3.56. The summed E-state index contributed by atoms with van der Waals surface area (Å²) in [5, 5.41) is -2.95. The van der Waals surface area contributed by atoms with Gasteiger partial charge in [-0.05, 0) is 0 Å². The van der Waals surface area contributed by atoms with Crippen molar-refractivity contribution in [3.8, 4) is 0 Å². The SMILES string of the molecule is Fc1c(F)c(F)c2c(F)[c]([Zn][I])c(F)c(F)c2c1F. The molecule has 0 unspecified atom stereocenters. The molecule has 0 saturated heterocycles. The van der Waals surface area contributed by atoms with Crippen molar-refractivity contribution in [1.82, 2.24) is 0 Å². The first-order chi connectivity index (χ1) is 8.82. The molecule has 9 heteroatoms. The van der Waals surface area contributed by atoms with Crippen LogP contribution in [0.5, 0.6) is 0 Å². The van der Waals surface area contributed by atoms with Crippen LogP contribution in [0, 0.1) is 40.7 Å². The van der Waals surface area contributed by atoms with E-state index in [1.807, 2.05) is 0 Å². The Labute approximate surface area is 119 Å². The summed E-state index contributed by atoms with van der Waals surface area (Å²) in [6.07, 6.45) is 0. The van der Waals surface area contributed by atoms with Gasteiger partial charge in [-0.2, -0.15) is 0 Å². The summed E-state index contributed by atoms with van der Waals surface area (Å²) in [7, 11) is 0. The van der Waals surface area contributed by atoms with Gasteiger partial charge in [0.05, 0.1) is 0 Å².